The van der Waals surface area contributed by atoms with Crippen molar-refractivity contribution in [3.63, 3.8) is 0 Å². The zero-order valence-electron chi connectivity index (χ0n) is 11.9. The third-order valence-corrected chi connectivity index (χ3v) is 5.22. The van der Waals surface area contributed by atoms with Crippen molar-refractivity contribution in [2.75, 3.05) is 13.2 Å². The summed E-state index contributed by atoms with van der Waals surface area (Å²) in [6.45, 7) is 1.20. The van der Waals surface area contributed by atoms with E-state index in [0.717, 1.165) is 51.4 Å². The summed E-state index contributed by atoms with van der Waals surface area (Å²) in [5, 5.41) is 9.63. The molecule has 0 aromatic carbocycles. The van der Waals surface area contributed by atoms with E-state index in [1.54, 1.807) is 0 Å². The van der Waals surface area contributed by atoms with E-state index < -0.39 is 0 Å². The summed E-state index contributed by atoms with van der Waals surface area (Å²) in [6, 6.07) is 0. The van der Waals surface area contributed by atoms with E-state index in [1.807, 2.05) is 0 Å². The molecule has 1 N–H and O–H groups in total. The second-order valence-electron chi connectivity index (χ2n) is 6.06. The lowest BCUT2D eigenvalue weighted by atomic mass is 9.76. The molecule has 2 aliphatic rings. The first-order valence-electron chi connectivity index (χ1n) is 7.68. The van der Waals surface area contributed by atoms with Crippen LogP contribution in [-0.2, 0) is 14.3 Å². The van der Waals surface area contributed by atoms with Crippen LogP contribution in [-0.4, -0.2) is 41.9 Å². The molecule has 0 amide bonds. The van der Waals surface area contributed by atoms with Crippen LogP contribution in [0, 0.1) is 5.92 Å². The number of fused-ring (bicyclic) bond motifs is 2. The molecule has 0 spiro atoms. The Bertz CT molecular complexity index is 312. The maximum absolute atomic E-state index is 10.0. The number of carbonyl (C=O) groups excluding carboxylic acids is 1. The first-order chi connectivity index (χ1) is 9.70. The Morgan fingerprint density at radius 3 is 3.00 bits per heavy atom. The summed E-state index contributed by atoms with van der Waals surface area (Å²) in [6.07, 6.45) is 8.23. The minimum Gasteiger partial charge on any atom is -0.468 e. The first kappa shape index (κ1) is 16.1. The van der Waals surface area contributed by atoms with E-state index in [2.05, 4.69) is 4.74 Å². The van der Waals surface area contributed by atoms with Gasteiger partial charge in [-0.15, -0.1) is 11.6 Å². The number of hydrogen-bond acceptors (Lipinski definition) is 4. The standard InChI is InChI=1S/C15H25ClO4/c16-13(3-1-2-8-19-11-18)4-6-15-7-5-14(20-15)9-12(15)10-17/h11-14,17H,1-10H2. The second kappa shape index (κ2) is 7.62. The van der Waals surface area contributed by atoms with E-state index in [0.29, 0.717) is 25.1 Å². The lowest BCUT2D eigenvalue weighted by Gasteiger charge is -2.32. The van der Waals surface area contributed by atoms with Gasteiger partial charge in [-0.1, -0.05) is 0 Å². The Labute approximate surface area is 125 Å². The molecule has 0 aliphatic carbocycles. The van der Waals surface area contributed by atoms with Crippen molar-refractivity contribution in [2.24, 2.45) is 5.92 Å². The van der Waals surface area contributed by atoms with Crippen LogP contribution in [0.3, 0.4) is 0 Å². The Morgan fingerprint density at radius 1 is 1.45 bits per heavy atom. The molecule has 4 nitrogen and oxygen atoms in total. The fraction of sp³-hybridized carbons (Fsp3) is 0.933. The molecule has 2 rings (SSSR count). The van der Waals surface area contributed by atoms with Crippen LogP contribution in [0.25, 0.3) is 0 Å². The molecule has 0 aromatic heterocycles. The SMILES string of the molecule is O=COCCCCC(Cl)CCC12CCC(CC1CO)O2. The predicted octanol–water partition coefficient (Wildman–Crippen LogP) is 2.65. The van der Waals surface area contributed by atoms with Gasteiger partial charge in [-0.25, -0.2) is 0 Å². The van der Waals surface area contributed by atoms with Gasteiger partial charge in [0.15, 0.2) is 0 Å². The van der Waals surface area contributed by atoms with Gasteiger partial charge in [0.25, 0.3) is 6.47 Å². The summed E-state index contributed by atoms with van der Waals surface area (Å²) in [5.74, 6) is 0.297. The monoisotopic (exact) mass is 304 g/mol. The normalized spacial score (nSPS) is 33.3. The summed E-state index contributed by atoms with van der Waals surface area (Å²) < 4.78 is 10.7. The highest BCUT2D eigenvalue weighted by Gasteiger charge is 2.52. The molecule has 20 heavy (non-hydrogen) atoms. The Kier molecular flexibility index (Phi) is 6.12. The van der Waals surface area contributed by atoms with Gasteiger partial charge in [0, 0.05) is 17.9 Å². The molecular formula is C15H25ClO4. The molecule has 116 valence electrons. The van der Waals surface area contributed by atoms with Crippen LogP contribution in [0.5, 0.6) is 0 Å². The number of hydrogen-bond donors (Lipinski definition) is 1. The van der Waals surface area contributed by atoms with Crippen LogP contribution in [0.15, 0.2) is 0 Å². The largest absolute Gasteiger partial charge is 0.468 e. The number of alkyl halides is 1. The maximum Gasteiger partial charge on any atom is 0.293 e. The van der Waals surface area contributed by atoms with Crippen molar-refractivity contribution in [2.45, 2.75) is 68.4 Å². The number of rotatable bonds is 10. The number of ether oxygens (including phenoxy) is 2. The Balaban J connectivity index is 1.65. The predicted molar refractivity (Wildman–Crippen MR) is 76.8 cm³/mol. The van der Waals surface area contributed by atoms with Crippen molar-refractivity contribution in [3.8, 4) is 0 Å². The summed E-state index contributed by atoms with van der Waals surface area (Å²) in [7, 11) is 0. The zero-order chi connectivity index (χ0) is 14.4. The average Bonchev–Trinajstić information content (AvgIpc) is 3.03. The highest BCUT2D eigenvalue weighted by molar-refractivity contribution is 6.20. The van der Waals surface area contributed by atoms with Crippen molar-refractivity contribution in [1.29, 1.82) is 0 Å². The van der Waals surface area contributed by atoms with Crippen molar-refractivity contribution in [3.05, 3.63) is 0 Å². The van der Waals surface area contributed by atoms with Gasteiger partial charge in [0.05, 0.1) is 18.3 Å². The van der Waals surface area contributed by atoms with Gasteiger partial charge in [-0.2, -0.15) is 0 Å². The minimum absolute atomic E-state index is 0.104. The van der Waals surface area contributed by atoms with E-state index in [9.17, 15) is 9.90 Å². The second-order valence-corrected chi connectivity index (χ2v) is 6.67. The molecule has 0 radical (unpaired) electrons. The van der Waals surface area contributed by atoms with Crippen LogP contribution in [0.4, 0.5) is 0 Å². The molecule has 2 saturated heterocycles. The fourth-order valence-corrected chi connectivity index (χ4v) is 3.89. The zero-order valence-corrected chi connectivity index (χ0v) is 12.7. The van der Waals surface area contributed by atoms with Crippen molar-refractivity contribution >= 4 is 18.1 Å². The Morgan fingerprint density at radius 2 is 2.30 bits per heavy atom. The smallest absolute Gasteiger partial charge is 0.293 e. The molecule has 0 saturated carbocycles. The first-order valence-corrected chi connectivity index (χ1v) is 8.12. The molecule has 0 aromatic rings. The topological polar surface area (TPSA) is 55.8 Å². The summed E-state index contributed by atoms with van der Waals surface area (Å²) in [5.41, 5.74) is -0.104. The van der Waals surface area contributed by atoms with Crippen molar-refractivity contribution < 1.29 is 19.4 Å². The average molecular weight is 305 g/mol. The lowest BCUT2D eigenvalue weighted by molar-refractivity contribution is -0.128. The quantitative estimate of drug-likeness (QED) is 0.383. The number of aliphatic hydroxyl groups excluding tert-OH is 1. The maximum atomic E-state index is 10.0. The van der Waals surface area contributed by atoms with Crippen LogP contribution in [0.2, 0.25) is 0 Å². The molecule has 2 fully saturated rings. The van der Waals surface area contributed by atoms with E-state index in [1.165, 1.54) is 0 Å². The minimum atomic E-state index is -0.104. The molecule has 4 atom stereocenters. The molecule has 4 unspecified atom stereocenters. The van der Waals surface area contributed by atoms with E-state index in [-0.39, 0.29) is 17.6 Å². The molecular weight excluding hydrogens is 280 g/mol. The molecule has 5 heteroatoms. The van der Waals surface area contributed by atoms with Gasteiger partial charge in [0.2, 0.25) is 0 Å². The van der Waals surface area contributed by atoms with Gasteiger partial charge in [-0.3, -0.25) is 4.79 Å². The van der Waals surface area contributed by atoms with Crippen LogP contribution in [0.1, 0.15) is 51.4 Å². The van der Waals surface area contributed by atoms with Gasteiger partial charge < -0.3 is 14.6 Å². The highest BCUT2D eigenvalue weighted by atomic mass is 35.5. The number of halogens is 1. The third kappa shape index (κ3) is 3.86. The van der Waals surface area contributed by atoms with Gasteiger partial charge in [0.1, 0.15) is 0 Å². The van der Waals surface area contributed by atoms with Crippen LogP contribution >= 0.6 is 11.6 Å². The Hall–Kier alpha value is -0.320. The molecule has 2 bridgehead atoms. The van der Waals surface area contributed by atoms with Crippen LogP contribution < -0.4 is 0 Å². The number of carbonyl (C=O) groups is 1. The molecule has 2 aliphatic heterocycles. The molecule has 2 heterocycles. The van der Waals surface area contributed by atoms with E-state index >= 15 is 0 Å². The highest BCUT2D eigenvalue weighted by Crippen LogP contribution is 2.50. The van der Waals surface area contributed by atoms with Gasteiger partial charge in [-0.05, 0) is 51.4 Å². The summed E-state index contributed by atoms with van der Waals surface area (Å²) >= 11 is 6.37. The third-order valence-electron chi connectivity index (χ3n) is 4.78. The van der Waals surface area contributed by atoms with Gasteiger partial charge >= 0.3 is 0 Å². The van der Waals surface area contributed by atoms with E-state index in [4.69, 9.17) is 16.3 Å². The summed E-state index contributed by atoms with van der Waals surface area (Å²) in [4.78, 5) is 10.0. The fourth-order valence-electron chi connectivity index (χ4n) is 3.63. The number of aliphatic hydroxyl groups is 1. The van der Waals surface area contributed by atoms with Crippen molar-refractivity contribution in [1.82, 2.24) is 0 Å². The lowest BCUT2D eigenvalue weighted by Crippen LogP contribution is -2.36. The number of unbranched alkanes of at least 4 members (excludes halogenated alkanes) is 1.